The highest BCUT2D eigenvalue weighted by molar-refractivity contribution is 5.94. The lowest BCUT2D eigenvalue weighted by Gasteiger charge is -2.17. The molecule has 0 saturated carbocycles. The van der Waals surface area contributed by atoms with E-state index in [1.54, 1.807) is 12.1 Å². The number of benzene rings is 1. The Morgan fingerprint density at radius 3 is 2.68 bits per heavy atom. The smallest absolute Gasteiger partial charge is 0.128 e. The van der Waals surface area contributed by atoms with Crippen molar-refractivity contribution >= 4 is 5.84 Å². The summed E-state index contributed by atoms with van der Waals surface area (Å²) in [4.78, 5) is 2.04. The van der Waals surface area contributed by atoms with Gasteiger partial charge < -0.3 is 15.7 Å². The normalized spacial score (nSPS) is 10.9. The number of nitrogens with two attached hydrogens (primary N) is 1. The summed E-state index contributed by atoms with van der Waals surface area (Å²) in [5, 5.41) is 15.9. The van der Waals surface area contributed by atoms with E-state index in [2.05, 4.69) is 0 Å². The first-order valence-electron chi connectivity index (χ1n) is 6.47. The van der Waals surface area contributed by atoms with Gasteiger partial charge in [-0.25, -0.2) is 4.39 Å². The second-order valence-corrected chi connectivity index (χ2v) is 4.74. The van der Waals surface area contributed by atoms with Crippen LogP contribution in [-0.4, -0.2) is 36.0 Å². The maximum absolute atomic E-state index is 13.8. The molecule has 4 nitrogen and oxygen atoms in total. The lowest BCUT2D eigenvalue weighted by atomic mass is 10.1. The molecule has 0 unspecified atom stereocenters. The molecule has 0 radical (unpaired) electrons. The molecule has 1 aromatic carbocycles. The number of hydrogen-bond donors (Lipinski definition) is 3. The predicted octanol–water partition coefficient (Wildman–Crippen LogP) is 1.70. The molecular formula is C14H22FN3O. The van der Waals surface area contributed by atoms with Gasteiger partial charge >= 0.3 is 0 Å². The molecule has 1 rings (SSSR count). The van der Waals surface area contributed by atoms with Crippen LogP contribution in [0.3, 0.4) is 0 Å². The Morgan fingerprint density at radius 1 is 1.37 bits per heavy atom. The quantitative estimate of drug-likeness (QED) is 0.381. The van der Waals surface area contributed by atoms with Crippen molar-refractivity contribution in [3.05, 3.63) is 35.1 Å². The second kappa shape index (κ2) is 7.86. The van der Waals surface area contributed by atoms with Gasteiger partial charge in [-0.05, 0) is 38.9 Å². The van der Waals surface area contributed by atoms with Crippen molar-refractivity contribution in [2.24, 2.45) is 5.73 Å². The van der Waals surface area contributed by atoms with E-state index in [4.69, 9.17) is 16.2 Å². The van der Waals surface area contributed by atoms with Gasteiger partial charge in [-0.1, -0.05) is 12.1 Å². The van der Waals surface area contributed by atoms with E-state index in [0.29, 0.717) is 17.7 Å². The van der Waals surface area contributed by atoms with E-state index < -0.39 is 0 Å². The number of aliphatic hydroxyl groups is 1. The van der Waals surface area contributed by atoms with Crippen molar-refractivity contribution in [2.45, 2.75) is 25.8 Å². The van der Waals surface area contributed by atoms with E-state index in [1.165, 1.54) is 6.07 Å². The van der Waals surface area contributed by atoms with Gasteiger partial charge in [0.15, 0.2) is 0 Å². The highest BCUT2D eigenvalue weighted by Crippen LogP contribution is 2.12. The minimum atomic E-state index is -0.324. The fraction of sp³-hybridized carbons (Fsp3) is 0.500. The summed E-state index contributed by atoms with van der Waals surface area (Å²) in [7, 11) is 1.94. The molecule has 106 valence electrons. The molecule has 0 amide bonds. The third-order valence-corrected chi connectivity index (χ3v) is 3.00. The first-order chi connectivity index (χ1) is 9.04. The van der Waals surface area contributed by atoms with E-state index in [9.17, 15) is 4.39 Å². The standard InChI is InChI=1S/C14H22FN3O/c1-18(7-3-2-4-8-19)10-12-6-5-11(14(16)17)9-13(12)15/h5-6,9,19H,2-4,7-8,10H2,1H3,(H3,16,17). The predicted molar refractivity (Wildman–Crippen MR) is 74.7 cm³/mol. The third kappa shape index (κ3) is 5.36. The average Bonchev–Trinajstić information content (AvgIpc) is 2.37. The Hall–Kier alpha value is -1.46. The highest BCUT2D eigenvalue weighted by Gasteiger charge is 2.07. The molecule has 0 aromatic heterocycles. The molecule has 0 aliphatic carbocycles. The van der Waals surface area contributed by atoms with Gasteiger partial charge in [0, 0.05) is 24.3 Å². The molecule has 19 heavy (non-hydrogen) atoms. The summed E-state index contributed by atoms with van der Waals surface area (Å²) in [6.45, 7) is 1.63. The molecule has 1 aromatic rings. The fourth-order valence-electron chi connectivity index (χ4n) is 1.88. The van der Waals surface area contributed by atoms with Crippen molar-refractivity contribution in [2.75, 3.05) is 20.2 Å². The zero-order valence-electron chi connectivity index (χ0n) is 11.3. The van der Waals surface area contributed by atoms with Crippen LogP contribution in [0.4, 0.5) is 4.39 Å². The van der Waals surface area contributed by atoms with Gasteiger partial charge in [0.05, 0.1) is 0 Å². The highest BCUT2D eigenvalue weighted by atomic mass is 19.1. The maximum Gasteiger partial charge on any atom is 0.128 e. The molecule has 0 bridgehead atoms. The summed E-state index contributed by atoms with van der Waals surface area (Å²) in [5.41, 5.74) is 6.33. The molecule has 0 spiro atoms. The van der Waals surface area contributed by atoms with Crippen LogP contribution in [0.15, 0.2) is 18.2 Å². The molecule has 0 heterocycles. The number of nitrogens with zero attached hydrogens (tertiary/aromatic N) is 1. The molecule has 0 aliphatic heterocycles. The SMILES string of the molecule is CN(CCCCCO)Cc1ccc(C(=N)N)cc1F. The number of rotatable bonds is 8. The van der Waals surface area contributed by atoms with Crippen LogP contribution in [0.25, 0.3) is 0 Å². The molecule has 5 heteroatoms. The Labute approximate surface area is 113 Å². The third-order valence-electron chi connectivity index (χ3n) is 3.00. The van der Waals surface area contributed by atoms with Gasteiger partial charge in [-0.3, -0.25) is 5.41 Å². The molecule has 0 fully saturated rings. The molecular weight excluding hydrogens is 245 g/mol. The van der Waals surface area contributed by atoms with Gasteiger partial charge in [0.2, 0.25) is 0 Å². The number of amidine groups is 1. The van der Waals surface area contributed by atoms with Gasteiger partial charge in [-0.2, -0.15) is 0 Å². The number of hydrogen-bond acceptors (Lipinski definition) is 3. The molecule has 4 N–H and O–H groups in total. The second-order valence-electron chi connectivity index (χ2n) is 4.74. The first-order valence-corrected chi connectivity index (χ1v) is 6.47. The molecule has 0 atom stereocenters. The van der Waals surface area contributed by atoms with Gasteiger partial charge in [0.25, 0.3) is 0 Å². The Morgan fingerprint density at radius 2 is 2.11 bits per heavy atom. The van der Waals surface area contributed by atoms with E-state index >= 15 is 0 Å². The first kappa shape index (κ1) is 15.6. The summed E-state index contributed by atoms with van der Waals surface area (Å²) in [6.07, 6.45) is 2.78. The monoisotopic (exact) mass is 267 g/mol. The van der Waals surface area contributed by atoms with Crippen molar-refractivity contribution < 1.29 is 9.50 Å². The summed E-state index contributed by atoms with van der Waals surface area (Å²) in [6, 6.07) is 4.65. The molecule has 0 aliphatic rings. The zero-order valence-corrected chi connectivity index (χ0v) is 11.3. The number of nitrogens with one attached hydrogen (secondary N) is 1. The Bertz CT molecular complexity index is 423. The van der Waals surface area contributed by atoms with E-state index in [0.717, 1.165) is 25.8 Å². The van der Waals surface area contributed by atoms with Crippen LogP contribution in [0.5, 0.6) is 0 Å². The zero-order chi connectivity index (χ0) is 14.3. The van der Waals surface area contributed by atoms with E-state index in [1.807, 2.05) is 11.9 Å². The van der Waals surface area contributed by atoms with Gasteiger partial charge in [-0.15, -0.1) is 0 Å². The lowest BCUT2D eigenvalue weighted by Crippen LogP contribution is -2.20. The fourth-order valence-corrected chi connectivity index (χ4v) is 1.88. The number of aliphatic hydroxyl groups excluding tert-OH is 1. The topological polar surface area (TPSA) is 73.3 Å². The molecule has 0 saturated heterocycles. The average molecular weight is 267 g/mol. The Kier molecular flexibility index (Phi) is 6.45. The number of halogens is 1. The van der Waals surface area contributed by atoms with Crippen molar-refractivity contribution in [1.82, 2.24) is 4.90 Å². The van der Waals surface area contributed by atoms with Crippen LogP contribution in [-0.2, 0) is 6.54 Å². The van der Waals surface area contributed by atoms with Crippen LogP contribution in [0.2, 0.25) is 0 Å². The van der Waals surface area contributed by atoms with Crippen molar-refractivity contribution in [3.8, 4) is 0 Å². The maximum atomic E-state index is 13.8. The van der Waals surface area contributed by atoms with Crippen LogP contribution in [0, 0.1) is 11.2 Å². The van der Waals surface area contributed by atoms with E-state index in [-0.39, 0.29) is 18.3 Å². The minimum absolute atomic E-state index is 0.122. The van der Waals surface area contributed by atoms with Crippen LogP contribution < -0.4 is 5.73 Å². The van der Waals surface area contributed by atoms with Crippen LogP contribution in [0.1, 0.15) is 30.4 Å². The minimum Gasteiger partial charge on any atom is -0.396 e. The van der Waals surface area contributed by atoms with Gasteiger partial charge in [0.1, 0.15) is 11.7 Å². The van der Waals surface area contributed by atoms with Crippen molar-refractivity contribution in [3.63, 3.8) is 0 Å². The summed E-state index contributed by atoms with van der Waals surface area (Å²) < 4.78 is 13.8. The summed E-state index contributed by atoms with van der Waals surface area (Å²) >= 11 is 0. The largest absolute Gasteiger partial charge is 0.396 e. The lowest BCUT2D eigenvalue weighted by molar-refractivity contribution is 0.270. The van der Waals surface area contributed by atoms with Crippen molar-refractivity contribution in [1.29, 1.82) is 5.41 Å². The number of nitrogen functional groups attached to an aromatic ring is 1. The Balaban J connectivity index is 2.50. The number of unbranched alkanes of at least 4 members (excludes halogenated alkanes) is 2. The summed E-state index contributed by atoms with van der Waals surface area (Å²) in [5.74, 6) is -0.447. The van der Waals surface area contributed by atoms with Crippen LogP contribution >= 0.6 is 0 Å².